The summed E-state index contributed by atoms with van der Waals surface area (Å²) in [5, 5.41) is 61.9. The normalized spacial score (nSPS) is 41.6. The standard InChI is InChI=1S/C18H31NO12/c1-6(21)19-8-12(31-18(2,3)4)9(22)7(5-20)28-17(8)30-13-10(23)11(24)16(27)29-14(13)15(25)26/h7-14,16-17,20,22-24,27H,5H2,1-4H3,(H,19,21)(H,25,26). The number of rotatable bonds is 6. The number of hydrogen-bond donors (Lipinski definition) is 7. The zero-order chi connectivity index (χ0) is 23.7. The van der Waals surface area contributed by atoms with Crippen molar-refractivity contribution in [2.45, 2.75) is 94.6 Å². The van der Waals surface area contributed by atoms with Crippen LogP contribution >= 0.6 is 0 Å². The number of carboxylic acids is 1. The number of hydrogen-bond acceptors (Lipinski definition) is 11. The third-order valence-electron chi connectivity index (χ3n) is 4.81. The molecule has 0 radical (unpaired) electrons. The molecule has 180 valence electrons. The van der Waals surface area contributed by atoms with E-state index in [4.69, 9.17) is 18.9 Å². The Morgan fingerprint density at radius 3 is 2.10 bits per heavy atom. The predicted molar refractivity (Wildman–Crippen MR) is 99.4 cm³/mol. The molecule has 0 aromatic rings. The van der Waals surface area contributed by atoms with Crippen LogP contribution in [0.2, 0.25) is 0 Å². The van der Waals surface area contributed by atoms with Crippen LogP contribution in [0.3, 0.4) is 0 Å². The Morgan fingerprint density at radius 1 is 1.00 bits per heavy atom. The van der Waals surface area contributed by atoms with Gasteiger partial charge in [-0.2, -0.15) is 0 Å². The monoisotopic (exact) mass is 453 g/mol. The second-order valence-corrected chi connectivity index (χ2v) is 8.50. The fourth-order valence-corrected chi connectivity index (χ4v) is 3.48. The molecule has 0 aliphatic carbocycles. The minimum Gasteiger partial charge on any atom is -0.479 e. The molecule has 0 bridgehead atoms. The maximum atomic E-state index is 11.8. The predicted octanol–water partition coefficient (Wildman–Crippen LogP) is -3.34. The molecule has 13 heteroatoms. The number of ether oxygens (including phenoxy) is 4. The van der Waals surface area contributed by atoms with Gasteiger partial charge in [-0.3, -0.25) is 4.79 Å². The molecule has 0 aromatic heterocycles. The van der Waals surface area contributed by atoms with Crippen LogP contribution in [0.5, 0.6) is 0 Å². The smallest absolute Gasteiger partial charge is 0.335 e. The minimum atomic E-state index is -1.97. The van der Waals surface area contributed by atoms with Crippen molar-refractivity contribution in [1.29, 1.82) is 0 Å². The number of carboxylic acid groups (broad SMARTS) is 1. The third kappa shape index (κ3) is 6.09. The third-order valence-corrected chi connectivity index (χ3v) is 4.81. The number of aliphatic carboxylic acids is 1. The van der Waals surface area contributed by atoms with Crippen molar-refractivity contribution in [2.24, 2.45) is 0 Å². The van der Waals surface area contributed by atoms with Gasteiger partial charge in [0.05, 0.1) is 12.2 Å². The van der Waals surface area contributed by atoms with Crippen LogP contribution in [-0.2, 0) is 28.5 Å². The average molecular weight is 453 g/mol. The fraction of sp³-hybridized carbons (Fsp3) is 0.889. The van der Waals surface area contributed by atoms with Crippen LogP contribution in [0, 0.1) is 0 Å². The Bertz CT molecular complexity index is 640. The van der Waals surface area contributed by atoms with Gasteiger partial charge in [0.1, 0.15) is 42.7 Å². The van der Waals surface area contributed by atoms with Crippen molar-refractivity contribution in [2.75, 3.05) is 6.61 Å². The van der Waals surface area contributed by atoms with Crippen molar-refractivity contribution in [1.82, 2.24) is 5.32 Å². The van der Waals surface area contributed by atoms with Gasteiger partial charge in [0.2, 0.25) is 5.91 Å². The molecule has 2 rings (SSSR count). The van der Waals surface area contributed by atoms with Crippen molar-refractivity contribution in [3.63, 3.8) is 0 Å². The first-order valence-electron chi connectivity index (χ1n) is 9.74. The first-order valence-corrected chi connectivity index (χ1v) is 9.74. The maximum Gasteiger partial charge on any atom is 0.335 e. The number of amides is 1. The van der Waals surface area contributed by atoms with E-state index in [1.54, 1.807) is 20.8 Å². The maximum absolute atomic E-state index is 11.8. The molecular formula is C18H31NO12. The topological polar surface area (TPSA) is 204 Å². The van der Waals surface area contributed by atoms with Crippen molar-refractivity contribution in [3.8, 4) is 0 Å². The number of aliphatic hydroxyl groups is 5. The van der Waals surface area contributed by atoms with Gasteiger partial charge in [-0.1, -0.05) is 0 Å². The zero-order valence-corrected chi connectivity index (χ0v) is 17.6. The van der Waals surface area contributed by atoms with Crippen LogP contribution in [0.1, 0.15) is 27.7 Å². The van der Waals surface area contributed by atoms with Crippen LogP contribution in [-0.4, -0.2) is 116 Å². The molecule has 2 saturated heterocycles. The molecule has 0 aromatic carbocycles. The van der Waals surface area contributed by atoms with Crippen LogP contribution < -0.4 is 5.32 Å². The molecule has 7 N–H and O–H groups in total. The Hall–Kier alpha value is -1.42. The number of nitrogens with one attached hydrogen (secondary N) is 1. The summed E-state index contributed by atoms with van der Waals surface area (Å²) in [5.74, 6) is -2.15. The summed E-state index contributed by atoms with van der Waals surface area (Å²) in [6, 6.07) is -1.19. The molecular weight excluding hydrogens is 422 g/mol. The van der Waals surface area contributed by atoms with E-state index in [2.05, 4.69) is 5.32 Å². The largest absolute Gasteiger partial charge is 0.479 e. The lowest BCUT2D eigenvalue weighted by Crippen LogP contribution is -2.69. The van der Waals surface area contributed by atoms with Gasteiger partial charge in [0, 0.05) is 6.92 Å². The molecule has 0 saturated carbocycles. The molecule has 2 aliphatic rings. The summed E-state index contributed by atoms with van der Waals surface area (Å²) in [6.45, 7) is 5.61. The minimum absolute atomic E-state index is 0.551. The van der Waals surface area contributed by atoms with Gasteiger partial charge in [-0.25, -0.2) is 4.79 Å². The van der Waals surface area contributed by atoms with Gasteiger partial charge >= 0.3 is 5.97 Å². The lowest BCUT2D eigenvalue weighted by atomic mass is 9.94. The van der Waals surface area contributed by atoms with E-state index in [1.165, 1.54) is 6.92 Å². The van der Waals surface area contributed by atoms with Crippen LogP contribution in [0.25, 0.3) is 0 Å². The lowest BCUT2D eigenvalue weighted by Gasteiger charge is -2.48. The number of aliphatic hydroxyl groups excluding tert-OH is 5. The highest BCUT2D eigenvalue weighted by Crippen LogP contribution is 2.31. The Labute approximate surface area is 178 Å². The first-order chi connectivity index (χ1) is 14.3. The van der Waals surface area contributed by atoms with E-state index in [-0.39, 0.29) is 0 Å². The molecule has 0 spiro atoms. The van der Waals surface area contributed by atoms with Gasteiger partial charge in [0.25, 0.3) is 0 Å². The number of carbonyl (C=O) groups is 2. The summed E-state index contributed by atoms with van der Waals surface area (Å²) in [4.78, 5) is 23.4. The Kier molecular flexibility index (Phi) is 8.35. The molecule has 10 unspecified atom stereocenters. The summed E-state index contributed by atoms with van der Waals surface area (Å²) in [5.41, 5.74) is -0.804. The van der Waals surface area contributed by atoms with E-state index < -0.39 is 85.4 Å². The Morgan fingerprint density at radius 2 is 1.61 bits per heavy atom. The summed E-state index contributed by atoms with van der Waals surface area (Å²) >= 11 is 0. The fourth-order valence-electron chi connectivity index (χ4n) is 3.48. The molecule has 10 atom stereocenters. The quantitative estimate of drug-likeness (QED) is 0.211. The summed E-state index contributed by atoms with van der Waals surface area (Å²) < 4.78 is 21.8. The van der Waals surface area contributed by atoms with Crippen molar-refractivity contribution < 1.29 is 59.2 Å². The molecule has 2 heterocycles. The summed E-state index contributed by atoms with van der Waals surface area (Å²) in [6.07, 6.45) is -14.7. The second-order valence-electron chi connectivity index (χ2n) is 8.50. The van der Waals surface area contributed by atoms with E-state index in [0.717, 1.165) is 0 Å². The van der Waals surface area contributed by atoms with Crippen LogP contribution in [0.4, 0.5) is 0 Å². The SMILES string of the molecule is CC(=O)NC1C(OC2C(C(=O)O)OC(O)C(O)C2O)OC(CO)C(O)C1OC(C)(C)C. The molecule has 31 heavy (non-hydrogen) atoms. The van der Waals surface area contributed by atoms with Crippen molar-refractivity contribution in [3.05, 3.63) is 0 Å². The van der Waals surface area contributed by atoms with E-state index in [1.807, 2.05) is 0 Å². The van der Waals surface area contributed by atoms with E-state index in [0.29, 0.717) is 0 Å². The summed E-state index contributed by atoms with van der Waals surface area (Å²) in [7, 11) is 0. The van der Waals surface area contributed by atoms with E-state index >= 15 is 0 Å². The van der Waals surface area contributed by atoms with Gasteiger partial charge in [0.15, 0.2) is 18.7 Å². The zero-order valence-electron chi connectivity index (χ0n) is 17.6. The van der Waals surface area contributed by atoms with Gasteiger partial charge in [-0.15, -0.1) is 0 Å². The molecule has 2 fully saturated rings. The highest BCUT2D eigenvalue weighted by atomic mass is 16.7. The first kappa shape index (κ1) is 25.8. The van der Waals surface area contributed by atoms with Crippen LogP contribution in [0.15, 0.2) is 0 Å². The highest BCUT2D eigenvalue weighted by Gasteiger charge is 2.53. The lowest BCUT2D eigenvalue weighted by molar-refractivity contribution is -0.340. The van der Waals surface area contributed by atoms with Crippen molar-refractivity contribution >= 4 is 11.9 Å². The average Bonchev–Trinajstić information content (AvgIpc) is 2.65. The Balaban J connectivity index is 2.39. The van der Waals surface area contributed by atoms with Gasteiger partial charge in [-0.05, 0) is 20.8 Å². The van der Waals surface area contributed by atoms with Gasteiger partial charge < -0.3 is 54.9 Å². The highest BCUT2D eigenvalue weighted by molar-refractivity contribution is 5.74. The molecule has 1 amide bonds. The molecule has 2 aliphatic heterocycles. The number of carbonyl (C=O) groups excluding carboxylic acids is 1. The molecule has 13 nitrogen and oxygen atoms in total. The second kappa shape index (κ2) is 10.0. The van der Waals surface area contributed by atoms with E-state index in [9.17, 15) is 40.2 Å².